The molecule has 116 valence electrons. The molecular formula is C12H11N9OS. The fraction of sp³-hybridized carbons (Fsp3) is 0.250. The lowest BCUT2D eigenvalue weighted by Gasteiger charge is -2.12. The smallest absolute Gasteiger partial charge is 0.251 e. The number of hydrogen-bond acceptors (Lipinski definition) is 6. The molecule has 23 heavy (non-hydrogen) atoms. The first-order chi connectivity index (χ1) is 11.1. The Balaban J connectivity index is 2.25. The molecule has 1 atom stereocenters. The average molecular weight is 329 g/mol. The lowest BCUT2D eigenvalue weighted by Crippen LogP contribution is -2.26. The van der Waals surface area contributed by atoms with Crippen LogP contribution in [0.5, 0.6) is 0 Å². The molecule has 0 fully saturated rings. The number of azide groups is 2. The standard InChI is InChI=1S/C12H11N9OS/c1-7(12-19-16-6-23-12)17-11(22)9-2-8(5-15-20-13)3-10(4-9)18-21-14/h2-4,6-7H,5H2,1H3,(H,17,22). The normalized spacial score (nSPS) is 11.0. The Hall–Kier alpha value is -3.13. The molecule has 0 spiro atoms. The van der Waals surface area contributed by atoms with Gasteiger partial charge < -0.3 is 5.32 Å². The Labute approximate surface area is 134 Å². The fourth-order valence-electron chi connectivity index (χ4n) is 1.83. The number of nitrogens with one attached hydrogen (secondary N) is 1. The van der Waals surface area contributed by atoms with Gasteiger partial charge in [-0.15, -0.1) is 21.5 Å². The molecule has 1 amide bonds. The number of nitrogens with zero attached hydrogens (tertiary/aromatic N) is 8. The zero-order valence-corrected chi connectivity index (χ0v) is 12.8. The number of carbonyl (C=O) groups excluding carboxylic acids is 1. The van der Waals surface area contributed by atoms with Crippen molar-refractivity contribution < 1.29 is 4.79 Å². The monoisotopic (exact) mass is 329 g/mol. The summed E-state index contributed by atoms with van der Waals surface area (Å²) in [7, 11) is 0. The third-order valence-corrected chi connectivity index (χ3v) is 3.69. The molecule has 2 rings (SSSR count). The maximum atomic E-state index is 12.3. The molecule has 1 heterocycles. The first-order valence-electron chi connectivity index (χ1n) is 6.41. The minimum Gasteiger partial charge on any atom is -0.343 e. The van der Waals surface area contributed by atoms with Crippen LogP contribution in [0.1, 0.15) is 33.9 Å². The minimum absolute atomic E-state index is 0.0531. The molecule has 0 saturated heterocycles. The molecule has 0 aliphatic rings. The van der Waals surface area contributed by atoms with E-state index in [4.69, 9.17) is 11.1 Å². The summed E-state index contributed by atoms with van der Waals surface area (Å²) in [5.74, 6) is -0.357. The lowest BCUT2D eigenvalue weighted by atomic mass is 10.1. The molecule has 0 aliphatic heterocycles. The summed E-state index contributed by atoms with van der Waals surface area (Å²) in [5.41, 5.74) is 19.7. The van der Waals surface area contributed by atoms with Crippen LogP contribution < -0.4 is 5.32 Å². The van der Waals surface area contributed by atoms with Crippen molar-refractivity contribution in [2.75, 3.05) is 0 Å². The van der Waals surface area contributed by atoms with Crippen molar-refractivity contribution in [2.45, 2.75) is 19.5 Å². The van der Waals surface area contributed by atoms with E-state index in [9.17, 15) is 4.79 Å². The molecule has 0 bridgehead atoms. The molecule has 1 aromatic carbocycles. The average Bonchev–Trinajstić information content (AvgIpc) is 3.07. The van der Waals surface area contributed by atoms with Crippen molar-refractivity contribution in [1.82, 2.24) is 15.5 Å². The molecule has 0 radical (unpaired) electrons. The number of carbonyl (C=O) groups is 1. The number of aromatic nitrogens is 2. The van der Waals surface area contributed by atoms with Crippen LogP contribution in [-0.4, -0.2) is 16.1 Å². The van der Waals surface area contributed by atoms with E-state index >= 15 is 0 Å². The van der Waals surface area contributed by atoms with Crippen LogP contribution in [0.2, 0.25) is 0 Å². The third-order valence-electron chi connectivity index (χ3n) is 2.81. The molecule has 1 N–H and O–H groups in total. The molecular weight excluding hydrogens is 318 g/mol. The quantitative estimate of drug-likeness (QED) is 0.487. The van der Waals surface area contributed by atoms with Gasteiger partial charge in [0.15, 0.2) is 0 Å². The predicted molar refractivity (Wildman–Crippen MR) is 83.9 cm³/mol. The van der Waals surface area contributed by atoms with E-state index in [0.717, 1.165) is 0 Å². The molecule has 2 aromatic rings. The molecule has 1 aromatic heterocycles. The predicted octanol–water partition coefficient (Wildman–Crippen LogP) is 3.78. The van der Waals surface area contributed by atoms with Crippen molar-refractivity contribution in [3.8, 4) is 0 Å². The summed E-state index contributed by atoms with van der Waals surface area (Å²) in [4.78, 5) is 17.7. The second-order valence-electron chi connectivity index (χ2n) is 4.44. The van der Waals surface area contributed by atoms with Crippen LogP contribution in [0.25, 0.3) is 20.9 Å². The van der Waals surface area contributed by atoms with E-state index in [1.54, 1.807) is 24.6 Å². The number of benzene rings is 1. The Morgan fingerprint density at radius 3 is 2.87 bits per heavy atom. The first kappa shape index (κ1) is 16.2. The summed E-state index contributed by atoms with van der Waals surface area (Å²) in [6.07, 6.45) is 0. The van der Waals surface area contributed by atoms with Gasteiger partial charge in [-0.1, -0.05) is 10.2 Å². The Morgan fingerprint density at radius 2 is 2.22 bits per heavy atom. The van der Waals surface area contributed by atoms with Crippen molar-refractivity contribution >= 4 is 22.9 Å². The third kappa shape index (κ3) is 4.42. The van der Waals surface area contributed by atoms with Gasteiger partial charge >= 0.3 is 0 Å². The summed E-state index contributed by atoms with van der Waals surface area (Å²) in [6, 6.07) is 4.28. The van der Waals surface area contributed by atoms with Gasteiger partial charge in [-0.25, -0.2) is 0 Å². The van der Waals surface area contributed by atoms with E-state index in [1.807, 2.05) is 0 Å². The lowest BCUT2D eigenvalue weighted by molar-refractivity contribution is 0.0939. The molecule has 1 unspecified atom stereocenters. The Kier molecular flexibility index (Phi) is 5.48. The number of rotatable bonds is 6. The highest BCUT2D eigenvalue weighted by Crippen LogP contribution is 2.20. The van der Waals surface area contributed by atoms with E-state index in [0.29, 0.717) is 16.1 Å². The SMILES string of the molecule is CC(NC(=O)c1cc(CN=[N+]=[N-])cc(N=[N+]=[N-])c1)c1nncs1. The van der Waals surface area contributed by atoms with Gasteiger partial charge in [0.25, 0.3) is 5.91 Å². The number of hydrogen-bond donors (Lipinski definition) is 1. The van der Waals surface area contributed by atoms with Gasteiger partial charge in [0.1, 0.15) is 10.5 Å². The van der Waals surface area contributed by atoms with Crippen molar-refractivity contribution in [1.29, 1.82) is 0 Å². The summed E-state index contributed by atoms with van der Waals surface area (Å²) in [5, 5.41) is 18.0. The van der Waals surface area contributed by atoms with Gasteiger partial charge in [0, 0.05) is 21.1 Å². The summed E-state index contributed by atoms with van der Waals surface area (Å²) >= 11 is 1.34. The minimum atomic E-state index is -0.357. The zero-order chi connectivity index (χ0) is 16.7. The zero-order valence-electron chi connectivity index (χ0n) is 12.0. The van der Waals surface area contributed by atoms with E-state index in [-0.39, 0.29) is 24.2 Å². The van der Waals surface area contributed by atoms with Crippen LogP contribution in [0.4, 0.5) is 5.69 Å². The van der Waals surface area contributed by atoms with Gasteiger partial charge in [-0.3, -0.25) is 4.79 Å². The van der Waals surface area contributed by atoms with Gasteiger partial charge in [0.05, 0.1) is 12.6 Å². The van der Waals surface area contributed by atoms with Crippen molar-refractivity contribution in [3.05, 3.63) is 60.7 Å². The van der Waals surface area contributed by atoms with E-state index < -0.39 is 0 Å². The highest BCUT2D eigenvalue weighted by Gasteiger charge is 2.15. The van der Waals surface area contributed by atoms with Crippen LogP contribution in [0.15, 0.2) is 33.9 Å². The highest BCUT2D eigenvalue weighted by molar-refractivity contribution is 7.09. The van der Waals surface area contributed by atoms with Crippen LogP contribution in [0.3, 0.4) is 0 Å². The van der Waals surface area contributed by atoms with Crippen LogP contribution >= 0.6 is 11.3 Å². The second kappa shape index (κ2) is 7.76. The van der Waals surface area contributed by atoms with Gasteiger partial charge in [-0.05, 0) is 41.7 Å². The van der Waals surface area contributed by atoms with Crippen molar-refractivity contribution in [2.24, 2.45) is 10.2 Å². The molecule has 0 saturated carbocycles. The fourth-order valence-corrected chi connectivity index (χ4v) is 2.39. The van der Waals surface area contributed by atoms with Crippen LogP contribution in [-0.2, 0) is 6.54 Å². The van der Waals surface area contributed by atoms with Crippen LogP contribution in [0, 0.1) is 0 Å². The molecule has 0 aliphatic carbocycles. The van der Waals surface area contributed by atoms with Gasteiger partial charge in [-0.2, -0.15) is 0 Å². The Morgan fingerprint density at radius 1 is 1.39 bits per heavy atom. The largest absolute Gasteiger partial charge is 0.343 e. The summed E-state index contributed by atoms with van der Waals surface area (Å²) < 4.78 is 0. The molecule has 11 heteroatoms. The maximum absolute atomic E-state index is 12.3. The van der Waals surface area contributed by atoms with Gasteiger partial charge in [0.2, 0.25) is 0 Å². The van der Waals surface area contributed by atoms with E-state index in [2.05, 4.69) is 35.6 Å². The van der Waals surface area contributed by atoms with E-state index in [1.165, 1.54) is 17.4 Å². The topological polar surface area (TPSA) is 152 Å². The maximum Gasteiger partial charge on any atom is 0.251 e. The Bertz CT molecular complexity index is 791. The highest BCUT2D eigenvalue weighted by atomic mass is 32.1. The summed E-state index contributed by atoms with van der Waals surface area (Å²) in [6.45, 7) is 1.84. The number of amides is 1. The first-order valence-corrected chi connectivity index (χ1v) is 7.29. The second-order valence-corrected chi connectivity index (χ2v) is 5.30. The van der Waals surface area contributed by atoms with Crippen molar-refractivity contribution in [3.63, 3.8) is 0 Å². The molecule has 10 nitrogen and oxygen atoms in total.